The fraction of sp³-hybridized carbons (Fsp3) is 0.324. The summed E-state index contributed by atoms with van der Waals surface area (Å²) in [5, 5.41) is 19.5. The molecule has 0 spiro atoms. The number of carbonyl (C=O) groups excluding carboxylic acids is 2. The van der Waals surface area contributed by atoms with Crippen molar-refractivity contribution in [2.45, 2.75) is 19.8 Å². The van der Waals surface area contributed by atoms with Gasteiger partial charge in [0.2, 0.25) is 11.8 Å². The molecule has 2 aliphatic rings. The lowest BCUT2D eigenvalue weighted by Gasteiger charge is -2.29. The third kappa shape index (κ3) is 8.08. The van der Waals surface area contributed by atoms with Gasteiger partial charge in [-0.05, 0) is 84.3 Å². The Morgan fingerprint density at radius 1 is 1.13 bits per heavy atom. The molecule has 13 heteroatoms. The highest BCUT2D eigenvalue weighted by molar-refractivity contribution is 14.1. The number of hydrogen-bond donors (Lipinski definition) is 4. The van der Waals surface area contributed by atoms with Crippen LogP contribution in [-0.2, 0) is 9.59 Å². The smallest absolute Gasteiger partial charge is 0.237 e. The topological polar surface area (TPSA) is 168 Å². The molecule has 47 heavy (non-hydrogen) atoms. The number of nitrogens with zero attached hydrogens (tertiary/aromatic N) is 6. The zero-order chi connectivity index (χ0) is 33.5. The van der Waals surface area contributed by atoms with Crippen molar-refractivity contribution in [2.75, 3.05) is 56.9 Å². The summed E-state index contributed by atoms with van der Waals surface area (Å²) in [5.41, 5.74) is 10.6. The molecule has 3 aromatic rings. The minimum absolute atomic E-state index is 0.0475. The van der Waals surface area contributed by atoms with Gasteiger partial charge >= 0.3 is 0 Å². The fourth-order valence-corrected chi connectivity index (χ4v) is 6.11. The molecule has 4 heterocycles. The summed E-state index contributed by atoms with van der Waals surface area (Å²) in [4.78, 5) is 45.4. The van der Waals surface area contributed by atoms with E-state index >= 15 is 0 Å². The van der Waals surface area contributed by atoms with E-state index in [2.05, 4.69) is 53.8 Å². The van der Waals surface area contributed by atoms with Crippen LogP contribution in [0.15, 0.2) is 65.8 Å². The van der Waals surface area contributed by atoms with Crippen LogP contribution in [0, 0.1) is 20.4 Å². The molecule has 0 radical (unpaired) electrons. The number of nitrogen functional groups attached to an aromatic ring is 1. The first-order valence-electron chi connectivity index (χ1n) is 15.6. The van der Waals surface area contributed by atoms with Crippen molar-refractivity contribution in [1.82, 2.24) is 25.1 Å². The molecule has 0 unspecified atom stereocenters. The summed E-state index contributed by atoms with van der Waals surface area (Å²) in [6, 6.07) is 14.8. The third-order valence-corrected chi connectivity index (χ3v) is 9.06. The second kappa shape index (κ2) is 15.4. The number of amidine groups is 1. The Bertz CT molecular complexity index is 1700. The van der Waals surface area contributed by atoms with Crippen molar-refractivity contribution < 1.29 is 9.59 Å². The number of nitrogens with two attached hydrogens (primary N) is 1. The molecule has 244 valence electrons. The number of aromatic nitrogens is 2. The number of benzene rings is 1. The predicted molar refractivity (Wildman–Crippen MR) is 194 cm³/mol. The lowest BCUT2D eigenvalue weighted by Crippen LogP contribution is -2.42. The van der Waals surface area contributed by atoms with Crippen molar-refractivity contribution in [2.24, 2.45) is 10.9 Å². The third-order valence-electron chi connectivity index (χ3n) is 8.42. The van der Waals surface area contributed by atoms with Crippen molar-refractivity contribution in [3.8, 4) is 0 Å². The molecule has 12 nitrogen and oxygen atoms in total. The molecule has 1 atom stereocenters. The molecule has 1 fully saturated rings. The summed E-state index contributed by atoms with van der Waals surface area (Å²) in [6.45, 7) is 4.93. The van der Waals surface area contributed by atoms with Gasteiger partial charge in [0.15, 0.2) is 5.84 Å². The standard InChI is InChI=1S/C34H39IN10O2/c1-3-45(29-11-9-27(36)32(42-29)31(37)25-8-10-28(35)40-18-25)34(47)26-12-15-43(19-26)20-30(46)44-16-13-23(14-17-44)22-4-6-24(7-5-22)33(38)41-21-39-2/h4-11,13,18,21,26,37H,3,12,14-17,19-20,36H2,1-2H3,(H2,38,39,41)/t26-/m1/s1. The van der Waals surface area contributed by atoms with E-state index in [0.717, 1.165) is 21.2 Å². The van der Waals surface area contributed by atoms with Gasteiger partial charge in [-0.2, -0.15) is 0 Å². The van der Waals surface area contributed by atoms with Crippen molar-refractivity contribution >= 4 is 69.4 Å². The summed E-state index contributed by atoms with van der Waals surface area (Å²) < 4.78 is 0.819. The number of rotatable bonds is 10. The molecule has 0 bridgehead atoms. The van der Waals surface area contributed by atoms with Gasteiger partial charge in [0, 0.05) is 50.6 Å². The first-order chi connectivity index (χ1) is 22.7. The zero-order valence-electron chi connectivity index (χ0n) is 26.5. The number of nitrogens with one attached hydrogen (secondary N) is 3. The van der Waals surface area contributed by atoms with Crippen molar-refractivity contribution in [3.05, 3.63) is 86.9 Å². The second-order valence-corrected chi connectivity index (χ2v) is 12.6. The van der Waals surface area contributed by atoms with E-state index in [9.17, 15) is 9.59 Å². The molecule has 0 aliphatic carbocycles. The number of anilines is 2. The summed E-state index contributed by atoms with van der Waals surface area (Å²) in [5.74, 6) is 0.392. The lowest BCUT2D eigenvalue weighted by atomic mass is 9.98. The van der Waals surface area contributed by atoms with E-state index in [1.165, 1.54) is 11.9 Å². The first-order valence-corrected chi connectivity index (χ1v) is 16.6. The van der Waals surface area contributed by atoms with Gasteiger partial charge in [0.05, 0.1) is 30.2 Å². The Hall–Kier alpha value is -4.50. The number of likely N-dealkylation sites (tertiary alicyclic amines) is 1. The SMILES string of the molecule is CCN(C(=O)[C@@H]1CCN(CC(=O)N2CC=C(c3ccc(C(=N)/N=C\NC)cc3)CC2)C1)c1ccc(N)c(C(=N)c2ccc(I)nc2)n1. The van der Waals surface area contributed by atoms with E-state index in [0.29, 0.717) is 61.9 Å². The first kappa shape index (κ1) is 33.9. The maximum atomic E-state index is 13.7. The van der Waals surface area contributed by atoms with Gasteiger partial charge in [-0.15, -0.1) is 0 Å². The molecule has 1 saturated heterocycles. The Labute approximate surface area is 288 Å². The van der Waals surface area contributed by atoms with Crippen LogP contribution in [-0.4, -0.2) is 95.8 Å². The Kier molecular flexibility index (Phi) is 11.1. The van der Waals surface area contributed by atoms with Crippen molar-refractivity contribution in [1.29, 1.82) is 10.8 Å². The van der Waals surface area contributed by atoms with Crippen LogP contribution in [0.25, 0.3) is 5.57 Å². The normalized spacial score (nSPS) is 16.6. The maximum Gasteiger partial charge on any atom is 0.237 e. The highest BCUT2D eigenvalue weighted by Crippen LogP contribution is 2.26. The van der Waals surface area contributed by atoms with Gasteiger partial charge in [0.1, 0.15) is 15.2 Å². The van der Waals surface area contributed by atoms with Crippen LogP contribution in [0.3, 0.4) is 0 Å². The second-order valence-electron chi connectivity index (χ2n) is 11.4. The van der Waals surface area contributed by atoms with E-state index in [4.69, 9.17) is 16.6 Å². The van der Waals surface area contributed by atoms with Gasteiger partial charge in [-0.1, -0.05) is 30.3 Å². The van der Waals surface area contributed by atoms with Gasteiger partial charge in [-0.3, -0.25) is 30.2 Å². The number of halogens is 1. The Balaban J connectivity index is 1.16. The van der Waals surface area contributed by atoms with E-state index in [1.54, 1.807) is 36.3 Å². The van der Waals surface area contributed by atoms with E-state index in [1.807, 2.05) is 42.2 Å². The molecular formula is C34H39IN10O2. The van der Waals surface area contributed by atoms with Gasteiger partial charge in [0.25, 0.3) is 0 Å². The molecule has 0 saturated carbocycles. The van der Waals surface area contributed by atoms with Crippen LogP contribution < -0.4 is 16.0 Å². The minimum Gasteiger partial charge on any atom is -0.397 e. The van der Waals surface area contributed by atoms with E-state index in [-0.39, 0.29) is 35.8 Å². The molecule has 5 rings (SSSR count). The molecular weight excluding hydrogens is 707 g/mol. The quantitative estimate of drug-likeness (QED) is 0.106. The monoisotopic (exact) mass is 746 g/mol. The minimum atomic E-state index is -0.258. The van der Waals surface area contributed by atoms with Crippen LogP contribution in [0.5, 0.6) is 0 Å². The maximum absolute atomic E-state index is 13.7. The average molecular weight is 747 g/mol. The highest BCUT2D eigenvalue weighted by Gasteiger charge is 2.34. The molecule has 5 N–H and O–H groups in total. The van der Waals surface area contributed by atoms with Crippen LogP contribution >= 0.6 is 22.6 Å². The highest BCUT2D eigenvalue weighted by atomic mass is 127. The van der Waals surface area contributed by atoms with Gasteiger partial charge in [-0.25, -0.2) is 15.0 Å². The Morgan fingerprint density at radius 2 is 1.89 bits per heavy atom. The predicted octanol–water partition coefficient (Wildman–Crippen LogP) is 3.64. The Morgan fingerprint density at radius 3 is 2.55 bits per heavy atom. The zero-order valence-corrected chi connectivity index (χ0v) is 28.7. The molecule has 2 amide bonds. The molecule has 2 aliphatic heterocycles. The van der Waals surface area contributed by atoms with E-state index < -0.39 is 0 Å². The largest absolute Gasteiger partial charge is 0.397 e. The summed E-state index contributed by atoms with van der Waals surface area (Å²) in [6.07, 6.45) is 6.61. The molecule has 1 aromatic carbocycles. The summed E-state index contributed by atoms with van der Waals surface area (Å²) >= 11 is 2.11. The van der Waals surface area contributed by atoms with Crippen molar-refractivity contribution in [3.63, 3.8) is 0 Å². The summed E-state index contributed by atoms with van der Waals surface area (Å²) in [7, 11) is 1.74. The number of pyridine rings is 2. The lowest BCUT2D eigenvalue weighted by molar-refractivity contribution is -0.132. The molecule has 2 aromatic heterocycles. The van der Waals surface area contributed by atoms with Crippen LogP contribution in [0.1, 0.15) is 42.1 Å². The fourth-order valence-electron chi connectivity index (χ4n) is 5.79. The van der Waals surface area contributed by atoms with Gasteiger partial charge < -0.3 is 16.0 Å². The average Bonchev–Trinajstić information content (AvgIpc) is 3.56. The number of hydrogen-bond acceptors (Lipinski definition) is 8. The number of aliphatic imine (C=N–C) groups is 1. The van der Waals surface area contributed by atoms with Crippen LogP contribution in [0.4, 0.5) is 11.5 Å². The van der Waals surface area contributed by atoms with Crippen LogP contribution in [0.2, 0.25) is 0 Å². The number of amides is 2. The number of carbonyl (C=O) groups is 2.